The Morgan fingerprint density at radius 3 is 2.44 bits per heavy atom. The molecule has 0 radical (unpaired) electrons. The van der Waals surface area contributed by atoms with Crippen molar-refractivity contribution in [3.05, 3.63) is 75.8 Å². The lowest BCUT2D eigenvalue weighted by Gasteiger charge is -2.11. The summed E-state index contributed by atoms with van der Waals surface area (Å²) in [5.74, 6) is 2.10. The van der Waals surface area contributed by atoms with Crippen LogP contribution < -0.4 is 0 Å². The summed E-state index contributed by atoms with van der Waals surface area (Å²) in [7, 11) is 0. The van der Waals surface area contributed by atoms with E-state index in [1.54, 1.807) is 0 Å². The number of benzene rings is 2. The van der Waals surface area contributed by atoms with Gasteiger partial charge in [0.1, 0.15) is 0 Å². The molecule has 1 atom stereocenters. The van der Waals surface area contributed by atoms with E-state index in [1.165, 1.54) is 5.56 Å². The number of hydrogen-bond acceptors (Lipinski definition) is 2. The van der Waals surface area contributed by atoms with Gasteiger partial charge in [-0.25, -0.2) is 0 Å². The summed E-state index contributed by atoms with van der Waals surface area (Å²) in [6.07, 6.45) is 3.93. The number of nitrogens with zero attached hydrogens (tertiary/aromatic N) is 1. The maximum absolute atomic E-state index is 6.49. The molecule has 0 fully saturated rings. The molecule has 27 heavy (non-hydrogen) atoms. The molecule has 1 unspecified atom stereocenters. The molecule has 1 aliphatic rings. The van der Waals surface area contributed by atoms with Gasteiger partial charge in [-0.2, -0.15) is 0 Å². The van der Waals surface area contributed by atoms with E-state index in [0.717, 1.165) is 46.0 Å². The minimum atomic E-state index is 0.264. The highest BCUT2D eigenvalue weighted by atomic mass is 35.5. The van der Waals surface area contributed by atoms with Gasteiger partial charge in [-0.15, -0.1) is 11.6 Å². The van der Waals surface area contributed by atoms with Gasteiger partial charge in [-0.05, 0) is 47.6 Å². The highest BCUT2D eigenvalue weighted by molar-refractivity contribution is 6.31. The first-order valence-electron chi connectivity index (χ1n) is 9.37. The molecule has 0 bridgehead atoms. The lowest BCUT2D eigenvalue weighted by atomic mass is 9.94. The quantitative estimate of drug-likeness (QED) is 0.490. The number of rotatable bonds is 5. The lowest BCUT2D eigenvalue weighted by molar-refractivity contribution is 0.298. The van der Waals surface area contributed by atoms with Gasteiger partial charge in [0.2, 0.25) is 0 Å². The second kappa shape index (κ2) is 8.95. The Labute approximate surface area is 171 Å². The zero-order valence-corrected chi connectivity index (χ0v) is 17.5. The van der Waals surface area contributed by atoms with E-state index in [9.17, 15) is 0 Å². The SMILES string of the molecule is CC(C)Cc1ccc(C2=CCC(C)C(c3ccc(CCl)cc3)=NO2)cc1Cl. The summed E-state index contributed by atoms with van der Waals surface area (Å²) in [6, 6.07) is 14.3. The monoisotopic (exact) mass is 401 g/mol. The Hall–Kier alpha value is -1.77. The highest BCUT2D eigenvalue weighted by Crippen LogP contribution is 2.29. The molecule has 142 valence electrons. The number of alkyl halides is 1. The molecule has 0 N–H and O–H groups in total. The second-order valence-electron chi connectivity index (χ2n) is 7.51. The average molecular weight is 402 g/mol. The van der Waals surface area contributed by atoms with Crippen molar-refractivity contribution >= 4 is 34.7 Å². The predicted octanol–water partition coefficient (Wildman–Crippen LogP) is 7.08. The number of hydrogen-bond donors (Lipinski definition) is 0. The van der Waals surface area contributed by atoms with Crippen LogP contribution in [0.15, 0.2) is 53.7 Å². The van der Waals surface area contributed by atoms with Crippen LogP contribution in [0.3, 0.4) is 0 Å². The van der Waals surface area contributed by atoms with E-state index in [4.69, 9.17) is 28.0 Å². The number of allylic oxidation sites excluding steroid dienone is 1. The maximum Gasteiger partial charge on any atom is 0.161 e. The minimum Gasteiger partial charge on any atom is -0.356 e. The Balaban J connectivity index is 1.82. The molecule has 3 rings (SSSR count). The summed E-state index contributed by atoms with van der Waals surface area (Å²) in [5.41, 5.74) is 5.24. The van der Waals surface area contributed by atoms with Gasteiger partial charge in [0.05, 0.1) is 5.71 Å². The standard InChI is InChI=1S/C23H25Cl2NO/c1-15(2)12-19-9-10-20(13-21(19)25)22-11-4-16(3)23(26-27-22)18-7-5-17(14-24)6-8-18/h5-11,13,15-16H,4,12,14H2,1-3H3. The van der Waals surface area contributed by atoms with Crippen molar-refractivity contribution in [2.75, 3.05) is 0 Å². The van der Waals surface area contributed by atoms with Crippen LogP contribution in [0.2, 0.25) is 5.02 Å². The Bertz CT molecular complexity index is 853. The van der Waals surface area contributed by atoms with E-state index in [1.807, 2.05) is 18.2 Å². The second-order valence-corrected chi connectivity index (χ2v) is 8.18. The smallest absolute Gasteiger partial charge is 0.161 e. The van der Waals surface area contributed by atoms with Crippen LogP contribution in [-0.2, 0) is 17.1 Å². The maximum atomic E-state index is 6.49. The van der Waals surface area contributed by atoms with Gasteiger partial charge < -0.3 is 4.84 Å². The summed E-state index contributed by atoms with van der Waals surface area (Å²) < 4.78 is 0. The van der Waals surface area contributed by atoms with Crippen LogP contribution in [0, 0.1) is 11.8 Å². The molecular formula is C23H25Cl2NO. The van der Waals surface area contributed by atoms with E-state index in [2.05, 4.69) is 56.3 Å². The van der Waals surface area contributed by atoms with Gasteiger partial charge in [0.15, 0.2) is 5.76 Å². The van der Waals surface area contributed by atoms with Crippen LogP contribution in [-0.4, -0.2) is 5.71 Å². The molecule has 0 amide bonds. The Kier molecular flexibility index (Phi) is 6.62. The molecule has 0 saturated heterocycles. The van der Waals surface area contributed by atoms with Crippen molar-refractivity contribution in [2.24, 2.45) is 17.0 Å². The third kappa shape index (κ3) is 4.94. The van der Waals surface area contributed by atoms with Crippen molar-refractivity contribution in [3.8, 4) is 0 Å². The van der Waals surface area contributed by atoms with Crippen LogP contribution in [0.4, 0.5) is 0 Å². The van der Waals surface area contributed by atoms with Gasteiger partial charge in [0, 0.05) is 22.4 Å². The average Bonchev–Trinajstić information content (AvgIpc) is 2.85. The fourth-order valence-electron chi connectivity index (χ4n) is 3.20. The minimum absolute atomic E-state index is 0.264. The van der Waals surface area contributed by atoms with Crippen molar-refractivity contribution in [1.82, 2.24) is 0 Å². The van der Waals surface area contributed by atoms with Crippen molar-refractivity contribution in [2.45, 2.75) is 39.5 Å². The van der Waals surface area contributed by atoms with Crippen LogP contribution in [0.25, 0.3) is 5.76 Å². The Morgan fingerprint density at radius 1 is 1.11 bits per heavy atom. The van der Waals surface area contributed by atoms with E-state index < -0.39 is 0 Å². The normalized spacial score (nSPS) is 17.2. The fourth-order valence-corrected chi connectivity index (χ4v) is 3.64. The van der Waals surface area contributed by atoms with Crippen molar-refractivity contribution in [3.63, 3.8) is 0 Å². The zero-order chi connectivity index (χ0) is 19.4. The first-order valence-corrected chi connectivity index (χ1v) is 10.3. The molecular weight excluding hydrogens is 377 g/mol. The molecule has 0 saturated carbocycles. The first-order chi connectivity index (χ1) is 13.0. The summed E-state index contributed by atoms with van der Waals surface area (Å²) >= 11 is 12.4. The van der Waals surface area contributed by atoms with Gasteiger partial charge in [-0.1, -0.05) is 73.9 Å². The third-order valence-corrected chi connectivity index (χ3v) is 5.40. The molecule has 0 aromatic heterocycles. The third-order valence-electron chi connectivity index (χ3n) is 4.74. The molecule has 1 aliphatic heterocycles. The first kappa shape index (κ1) is 20.0. The molecule has 2 aromatic rings. The van der Waals surface area contributed by atoms with Gasteiger partial charge in [0.25, 0.3) is 0 Å². The highest BCUT2D eigenvalue weighted by Gasteiger charge is 2.18. The zero-order valence-electron chi connectivity index (χ0n) is 16.0. The number of halogens is 2. The van der Waals surface area contributed by atoms with E-state index in [0.29, 0.717) is 11.8 Å². The summed E-state index contributed by atoms with van der Waals surface area (Å²) in [4.78, 5) is 5.82. The van der Waals surface area contributed by atoms with Gasteiger partial charge in [-0.3, -0.25) is 0 Å². The fraction of sp³-hybridized carbons (Fsp3) is 0.348. The van der Waals surface area contributed by atoms with Crippen molar-refractivity contribution in [1.29, 1.82) is 0 Å². The Morgan fingerprint density at radius 2 is 1.81 bits per heavy atom. The summed E-state index contributed by atoms with van der Waals surface area (Å²) in [6.45, 7) is 6.55. The summed E-state index contributed by atoms with van der Waals surface area (Å²) in [5, 5.41) is 5.24. The molecule has 4 heteroatoms. The molecule has 0 aliphatic carbocycles. The topological polar surface area (TPSA) is 21.6 Å². The molecule has 2 nitrogen and oxygen atoms in total. The predicted molar refractivity (Wildman–Crippen MR) is 115 cm³/mol. The van der Waals surface area contributed by atoms with Crippen LogP contribution >= 0.6 is 23.2 Å². The van der Waals surface area contributed by atoms with Crippen LogP contribution in [0.5, 0.6) is 0 Å². The van der Waals surface area contributed by atoms with Gasteiger partial charge >= 0.3 is 0 Å². The molecule has 1 heterocycles. The number of oxime groups is 1. The molecule has 0 spiro atoms. The van der Waals surface area contributed by atoms with Crippen LogP contribution in [0.1, 0.15) is 49.4 Å². The van der Waals surface area contributed by atoms with E-state index in [-0.39, 0.29) is 5.92 Å². The molecule has 2 aromatic carbocycles. The largest absolute Gasteiger partial charge is 0.356 e. The lowest BCUT2D eigenvalue weighted by Crippen LogP contribution is -2.11. The van der Waals surface area contributed by atoms with E-state index >= 15 is 0 Å². The van der Waals surface area contributed by atoms with Crippen molar-refractivity contribution < 1.29 is 4.84 Å².